The zero-order valence-electron chi connectivity index (χ0n) is 10.8. The van der Waals surface area contributed by atoms with Crippen molar-refractivity contribution in [3.8, 4) is 6.07 Å². The highest BCUT2D eigenvalue weighted by molar-refractivity contribution is 7.90. The number of hydrogen-bond acceptors (Lipinski definition) is 4. The Labute approximate surface area is 110 Å². The normalized spacial score (nSPS) is 14.9. The van der Waals surface area contributed by atoms with Crippen LogP contribution in [0.25, 0.3) is 0 Å². The van der Waals surface area contributed by atoms with Crippen molar-refractivity contribution in [1.29, 1.82) is 5.26 Å². The van der Waals surface area contributed by atoms with Gasteiger partial charge in [-0.15, -0.1) is 4.72 Å². The van der Waals surface area contributed by atoms with Crippen LogP contribution >= 0.6 is 0 Å². The van der Waals surface area contributed by atoms with E-state index in [1.54, 1.807) is 6.92 Å². The minimum Gasteiger partial charge on any atom is -0.598 e. The average Bonchev–Trinajstić information content (AvgIpc) is 2.27. The summed E-state index contributed by atoms with van der Waals surface area (Å²) in [5, 5.41) is 8.62. The van der Waals surface area contributed by atoms with Crippen LogP contribution in [0.3, 0.4) is 0 Å². The van der Waals surface area contributed by atoms with Gasteiger partial charge in [0.25, 0.3) is 0 Å². The van der Waals surface area contributed by atoms with Crippen molar-refractivity contribution in [2.24, 2.45) is 0 Å². The molecular formula is C12H16FN3OS. The maximum Gasteiger partial charge on any atom is 0.147 e. The number of pyridine rings is 1. The fourth-order valence-electron chi connectivity index (χ4n) is 1.22. The van der Waals surface area contributed by atoms with Crippen LogP contribution in [-0.2, 0) is 11.4 Å². The van der Waals surface area contributed by atoms with Gasteiger partial charge in [-0.1, -0.05) is 0 Å². The molecule has 1 aromatic rings. The lowest BCUT2D eigenvalue weighted by Crippen LogP contribution is -2.40. The number of nitrogens with one attached hydrogen (secondary N) is 1. The quantitative estimate of drug-likeness (QED) is 0.854. The van der Waals surface area contributed by atoms with E-state index in [4.69, 9.17) is 5.26 Å². The number of aromatic nitrogens is 1. The van der Waals surface area contributed by atoms with Crippen LogP contribution in [0.2, 0.25) is 0 Å². The largest absolute Gasteiger partial charge is 0.598 e. The molecule has 0 aliphatic carbocycles. The van der Waals surface area contributed by atoms with Gasteiger partial charge >= 0.3 is 0 Å². The van der Waals surface area contributed by atoms with Crippen LogP contribution in [0.15, 0.2) is 12.3 Å². The van der Waals surface area contributed by atoms with E-state index in [1.807, 2.05) is 26.8 Å². The van der Waals surface area contributed by atoms with E-state index in [0.29, 0.717) is 0 Å². The lowest BCUT2D eigenvalue weighted by molar-refractivity contribution is 0.516. The Bertz CT molecular complexity index is 467. The van der Waals surface area contributed by atoms with E-state index in [-0.39, 0.29) is 11.3 Å². The van der Waals surface area contributed by atoms with E-state index >= 15 is 0 Å². The molecule has 0 aromatic carbocycles. The predicted molar refractivity (Wildman–Crippen MR) is 68.4 cm³/mol. The van der Waals surface area contributed by atoms with Crippen molar-refractivity contribution in [3.05, 3.63) is 29.3 Å². The Morgan fingerprint density at radius 3 is 2.61 bits per heavy atom. The van der Waals surface area contributed by atoms with Crippen molar-refractivity contribution in [2.45, 2.75) is 38.5 Å². The Balaban J connectivity index is 2.86. The second-order valence-corrected chi connectivity index (χ2v) is 6.92. The number of nitrogens with zero attached hydrogens (tertiary/aromatic N) is 2. The van der Waals surface area contributed by atoms with Crippen LogP contribution in [-0.4, -0.2) is 14.3 Å². The van der Waals surface area contributed by atoms with Crippen molar-refractivity contribution >= 4 is 11.4 Å². The molecule has 98 valence electrons. The van der Waals surface area contributed by atoms with Gasteiger partial charge in [0.05, 0.1) is 17.3 Å². The topological polar surface area (TPSA) is 71.8 Å². The summed E-state index contributed by atoms with van der Waals surface area (Å²) in [6.45, 7) is 7.16. The maximum absolute atomic E-state index is 13.7. The molecule has 6 heteroatoms. The first-order valence-electron chi connectivity index (χ1n) is 5.49. The molecular weight excluding hydrogens is 253 g/mol. The van der Waals surface area contributed by atoms with E-state index in [9.17, 15) is 8.94 Å². The molecule has 1 N–H and O–H groups in total. The predicted octanol–water partition coefficient (Wildman–Crippen LogP) is 2.21. The number of halogens is 1. The monoisotopic (exact) mass is 269 g/mol. The molecule has 18 heavy (non-hydrogen) atoms. The Morgan fingerprint density at radius 2 is 2.17 bits per heavy atom. The molecule has 2 unspecified atom stereocenters. The van der Waals surface area contributed by atoms with Gasteiger partial charge in [-0.25, -0.2) is 4.39 Å². The summed E-state index contributed by atoms with van der Waals surface area (Å²) in [5.41, 5.74) is 0.326. The minimum atomic E-state index is -1.30. The van der Waals surface area contributed by atoms with Crippen molar-refractivity contribution in [2.75, 3.05) is 0 Å². The Hall–Kier alpha value is -1.16. The van der Waals surface area contributed by atoms with Crippen molar-refractivity contribution in [1.82, 2.24) is 9.71 Å². The molecule has 0 radical (unpaired) electrons. The fourth-order valence-corrected chi connectivity index (χ4v) is 2.01. The van der Waals surface area contributed by atoms with E-state index in [0.717, 1.165) is 6.07 Å². The molecule has 4 nitrogen and oxygen atoms in total. The van der Waals surface area contributed by atoms with E-state index in [2.05, 4.69) is 9.71 Å². The second-order valence-electron chi connectivity index (χ2n) is 4.92. The maximum atomic E-state index is 13.7. The summed E-state index contributed by atoms with van der Waals surface area (Å²) < 4.78 is 27.9. The van der Waals surface area contributed by atoms with Gasteiger partial charge in [0.2, 0.25) is 0 Å². The highest BCUT2D eigenvalue weighted by Gasteiger charge is 2.29. The lowest BCUT2D eigenvalue weighted by Gasteiger charge is -2.26. The van der Waals surface area contributed by atoms with Gasteiger partial charge in [-0.2, -0.15) is 5.26 Å². The standard InChI is InChI=1S/C12H16FN3OS/c1-8(16-18(17)12(2,3)4)11-10(13)5-9(6-14)7-15-11/h5,7-8,16H,1-4H3. The molecule has 0 spiro atoms. The van der Waals surface area contributed by atoms with Gasteiger partial charge in [-0.3, -0.25) is 4.98 Å². The summed E-state index contributed by atoms with van der Waals surface area (Å²) in [5.74, 6) is -0.569. The number of nitriles is 1. The number of rotatable bonds is 3. The summed E-state index contributed by atoms with van der Waals surface area (Å²) in [6, 6.07) is 2.45. The van der Waals surface area contributed by atoms with Crippen LogP contribution < -0.4 is 4.72 Å². The third kappa shape index (κ3) is 3.67. The number of hydrogen-bond donors (Lipinski definition) is 1. The SMILES string of the molecule is CC(N[S+]([O-])C(C)(C)C)c1ncc(C#N)cc1F. The molecule has 0 saturated heterocycles. The third-order valence-corrected chi connectivity index (χ3v) is 3.93. The minimum absolute atomic E-state index is 0.159. The first-order chi connectivity index (χ1) is 8.25. The molecule has 1 rings (SSSR count). The molecule has 0 saturated carbocycles. The van der Waals surface area contributed by atoms with Crippen LogP contribution in [0.1, 0.15) is 45.0 Å². The molecule has 0 aliphatic rings. The lowest BCUT2D eigenvalue weighted by atomic mass is 10.2. The van der Waals surface area contributed by atoms with Gasteiger partial charge in [-0.05, 0) is 33.8 Å². The first kappa shape index (κ1) is 14.9. The Morgan fingerprint density at radius 1 is 1.56 bits per heavy atom. The zero-order chi connectivity index (χ0) is 13.9. The highest BCUT2D eigenvalue weighted by atomic mass is 32.2. The molecule has 0 aliphatic heterocycles. The molecule has 0 bridgehead atoms. The van der Waals surface area contributed by atoms with Gasteiger partial charge in [0.1, 0.15) is 16.6 Å². The zero-order valence-corrected chi connectivity index (χ0v) is 11.6. The molecule has 1 heterocycles. The fraction of sp³-hybridized carbons (Fsp3) is 0.500. The molecule has 2 atom stereocenters. The summed E-state index contributed by atoms with van der Waals surface area (Å²) in [7, 11) is 0. The summed E-state index contributed by atoms with van der Waals surface area (Å²) in [6.07, 6.45) is 1.30. The van der Waals surface area contributed by atoms with E-state index < -0.39 is 28.0 Å². The van der Waals surface area contributed by atoms with Gasteiger partial charge in [0, 0.05) is 17.6 Å². The van der Waals surface area contributed by atoms with Crippen LogP contribution in [0.5, 0.6) is 0 Å². The van der Waals surface area contributed by atoms with E-state index in [1.165, 1.54) is 6.20 Å². The smallest absolute Gasteiger partial charge is 0.147 e. The van der Waals surface area contributed by atoms with Gasteiger partial charge in [0.15, 0.2) is 0 Å². The van der Waals surface area contributed by atoms with Crippen molar-refractivity contribution < 1.29 is 8.94 Å². The molecule has 1 aromatic heterocycles. The highest BCUT2D eigenvalue weighted by Crippen LogP contribution is 2.20. The molecule has 0 amide bonds. The first-order valence-corrected chi connectivity index (χ1v) is 6.64. The molecule has 0 fully saturated rings. The summed E-state index contributed by atoms with van der Waals surface area (Å²) in [4.78, 5) is 3.89. The van der Waals surface area contributed by atoms with Gasteiger partial charge < -0.3 is 4.55 Å². The second kappa shape index (κ2) is 5.65. The average molecular weight is 269 g/mol. The van der Waals surface area contributed by atoms with Crippen LogP contribution in [0, 0.1) is 17.1 Å². The third-order valence-electron chi connectivity index (χ3n) is 2.25. The Kier molecular flexibility index (Phi) is 4.68. The summed E-state index contributed by atoms with van der Waals surface area (Å²) >= 11 is -1.30. The van der Waals surface area contributed by atoms with Crippen molar-refractivity contribution in [3.63, 3.8) is 0 Å². The van der Waals surface area contributed by atoms with Crippen LogP contribution in [0.4, 0.5) is 4.39 Å².